The SMILES string of the molecule is CCCOc1cc(F)c(CSc2nc3c(cc2Cl)nc(OC)n3PI)c(F)c1. The molecule has 0 N–H and O–H groups in total. The van der Waals surface area contributed by atoms with E-state index >= 15 is 0 Å². The lowest BCUT2D eigenvalue weighted by Gasteiger charge is -2.10. The molecule has 150 valence electrons. The van der Waals surface area contributed by atoms with E-state index in [4.69, 9.17) is 21.1 Å². The molecule has 1 aromatic carbocycles. The van der Waals surface area contributed by atoms with Crippen LogP contribution in [0.15, 0.2) is 23.2 Å². The van der Waals surface area contributed by atoms with Gasteiger partial charge in [-0.25, -0.2) is 18.1 Å². The first-order valence-corrected chi connectivity index (χ1v) is 13.6. The van der Waals surface area contributed by atoms with Crippen LogP contribution in [0.25, 0.3) is 11.2 Å². The highest BCUT2D eigenvalue weighted by Gasteiger charge is 2.18. The van der Waals surface area contributed by atoms with Gasteiger partial charge in [-0.05, 0) is 34.5 Å². The van der Waals surface area contributed by atoms with Crippen molar-refractivity contribution in [2.75, 3.05) is 13.7 Å². The normalized spacial score (nSPS) is 11.6. The van der Waals surface area contributed by atoms with Crippen LogP contribution in [0.3, 0.4) is 0 Å². The maximum atomic E-state index is 14.3. The molecule has 11 heteroatoms. The topological polar surface area (TPSA) is 49.2 Å². The van der Waals surface area contributed by atoms with Gasteiger partial charge < -0.3 is 9.47 Å². The van der Waals surface area contributed by atoms with E-state index in [2.05, 4.69) is 32.0 Å². The van der Waals surface area contributed by atoms with Crippen molar-refractivity contribution >= 4 is 62.9 Å². The van der Waals surface area contributed by atoms with Crippen LogP contribution in [0, 0.1) is 11.6 Å². The Morgan fingerprint density at radius 3 is 2.57 bits per heavy atom. The molecule has 0 saturated carbocycles. The number of hydrogen-bond acceptors (Lipinski definition) is 5. The van der Waals surface area contributed by atoms with E-state index < -0.39 is 11.6 Å². The van der Waals surface area contributed by atoms with Gasteiger partial charge >= 0.3 is 6.01 Å². The van der Waals surface area contributed by atoms with Crippen LogP contribution in [-0.2, 0) is 5.75 Å². The summed E-state index contributed by atoms with van der Waals surface area (Å²) in [5.41, 5.74) is 1.17. The molecule has 0 bridgehead atoms. The fraction of sp³-hybridized carbons (Fsp3) is 0.294. The Labute approximate surface area is 184 Å². The Bertz CT molecular complexity index is 985. The molecule has 2 heterocycles. The molecule has 0 aliphatic rings. The van der Waals surface area contributed by atoms with Crippen LogP contribution in [0.1, 0.15) is 18.9 Å². The van der Waals surface area contributed by atoms with Crippen molar-refractivity contribution in [2.45, 2.75) is 24.1 Å². The molecule has 3 aromatic rings. The van der Waals surface area contributed by atoms with Crippen molar-refractivity contribution < 1.29 is 18.3 Å². The highest BCUT2D eigenvalue weighted by atomic mass is 127. The van der Waals surface area contributed by atoms with Crippen molar-refractivity contribution in [1.29, 1.82) is 0 Å². The maximum absolute atomic E-state index is 14.3. The third-order valence-corrected chi connectivity index (χ3v) is 7.17. The van der Waals surface area contributed by atoms with Crippen LogP contribution < -0.4 is 9.47 Å². The average Bonchev–Trinajstić information content (AvgIpc) is 3.01. The lowest BCUT2D eigenvalue weighted by Crippen LogP contribution is -2.00. The Hall–Kier alpha value is -0.900. The first kappa shape index (κ1) is 21.8. The standard InChI is InChI=1S/C17H16ClF2IN3O2PS/c1-3-4-26-9-5-12(19)10(13(20)6-9)8-28-16-11(18)7-14-15(23-16)24(27-21)17(22-14)25-2/h5-7,27H,3-4,8H2,1-2H3. The fourth-order valence-corrected chi connectivity index (χ4v) is 5.40. The highest BCUT2D eigenvalue weighted by molar-refractivity contribution is 14.2. The Kier molecular flexibility index (Phi) is 7.58. The zero-order valence-electron chi connectivity index (χ0n) is 14.9. The molecular formula is C17H16ClF2IN3O2PS. The van der Waals surface area contributed by atoms with Gasteiger partial charge in [0.2, 0.25) is 0 Å². The highest BCUT2D eigenvalue weighted by Crippen LogP contribution is 2.38. The summed E-state index contributed by atoms with van der Waals surface area (Å²) in [5, 5.41) is 0.836. The number of aromatic nitrogens is 3. The number of benzene rings is 1. The fourth-order valence-electron chi connectivity index (χ4n) is 2.42. The quantitative estimate of drug-likeness (QED) is 0.186. The number of imidazole rings is 1. The van der Waals surface area contributed by atoms with E-state index in [1.54, 1.807) is 6.07 Å². The number of rotatable bonds is 8. The van der Waals surface area contributed by atoms with Gasteiger partial charge in [-0.1, -0.05) is 30.3 Å². The minimum Gasteiger partial charge on any atom is -0.493 e. The second-order valence-corrected chi connectivity index (χ2v) is 9.07. The maximum Gasteiger partial charge on any atom is 0.302 e. The Balaban J connectivity index is 1.86. The first-order valence-electron chi connectivity index (χ1n) is 8.21. The molecule has 0 amide bonds. The average molecular weight is 558 g/mol. The summed E-state index contributed by atoms with van der Waals surface area (Å²) in [6.45, 7) is 2.33. The molecule has 1 atom stereocenters. The van der Waals surface area contributed by atoms with Crippen LogP contribution in [-0.4, -0.2) is 28.0 Å². The summed E-state index contributed by atoms with van der Waals surface area (Å²) in [4.78, 5) is 8.87. The zero-order chi connectivity index (χ0) is 20.3. The molecule has 0 radical (unpaired) electrons. The van der Waals surface area contributed by atoms with E-state index in [-0.39, 0.29) is 17.1 Å². The van der Waals surface area contributed by atoms with Crippen molar-refractivity contribution in [3.8, 4) is 11.8 Å². The number of ether oxygens (including phenoxy) is 2. The second kappa shape index (κ2) is 9.73. The molecule has 0 saturated heterocycles. The number of methoxy groups -OCH3 is 1. The Morgan fingerprint density at radius 2 is 1.96 bits per heavy atom. The van der Waals surface area contributed by atoms with Crippen LogP contribution in [0.5, 0.6) is 11.8 Å². The van der Waals surface area contributed by atoms with Crippen LogP contribution in [0.2, 0.25) is 5.02 Å². The summed E-state index contributed by atoms with van der Waals surface area (Å²) >= 11 is 9.66. The van der Waals surface area contributed by atoms with Crippen molar-refractivity contribution in [3.05, 3.63) is 40.4 Å². The summed E-state index contributed by atoms with van der Waals surface area (Å²) in [6, 6.07) is 4.51. The van der Waals surface area contributed by atoms with Gasteiger partial charge in [0.25, 0.3) is 0 Å². The summed E-state index contributed by atoms with van der Waals surface area (Å²) < 4.78 is 41.1. The Morgan fingerprint density at radius 1 is 1.25 bits per heavy atom. The molecule has 0 fully saturated rings. The third kappa shape index (κ3) is 4.63. The van der Waals surface area contributed by atoms with Crippen LogP contribution in [0.4, 0.5) is 8.78 Å². The number of thioether (sulfide) groups is 1. The third-order valence-electron chi connectivity index (χ3n) is 3.73. The summed E-state index contributed by atoms with van der Waals surface area (Å²) in [6.07, 6.45) is 1.08. The van der Waals surface area contributed by atoms with Gasteiger partial charge in [0.15, 0.2) is 5.65 Å². The molecule has 28 heavy (non-hydrogen) atoms. The molecule has 0 aliphatic heterocycles. The minimum absolute atomic E-state index is 0.0434. The number of fused-ring (bicyclic) bond motifs is 1. The molecule has 5 nitrogen and oxygen atoms in total. The summed E-state index contributed by atoms with van der Waals surface area (Å²) in [5.74, 6) is -1.09. The zero-order valence-corrected chi connectivity index (χ0v) is 19.7. The van der Waals surface area contributed by atoms with Gasteiger partial charge in [-0.15, -0.1) is 0 Å². The second-order valence-electron chi connectivity index (χ2n) is 5.64. The van der Waals surface area contributed by atoms with Gasteiger partial charge in [-0.2, -0.15) is 4.98 Å². The molecule has 1 unspecified atom stereocenters. The van der Waals surface area contributed by atoms with Gasteiger partial charge in [-0.3, -0.25) is 0 Å². The van der Waals surface area contributed by atoms with E-state index in [1.165, 1.54) is 19.2 Å². The van der Waals surface area contributed by atoms with Gasteiger partial charge in [0.05, 0.1) is 25.1 Å². The molecule has 0 spiro atoms. The van der Waals surface area contributed by atoms with Gasteiger partial charge in [0.1, 0.15) is 27.9 Å². The van der Waals surface area contributed by atoms with Crippen molar-refractivity contribution in [1.82, 2.24) is 14.3 Å². The van der Waals surface area contributed by atoms with Crippen LogP contribution >= 0.6 is 51.8 Å². The number of nitrogens with zero attached hydrogens (tertiary/aromatic N) is 3. The van der Waals surface area contributed by atoms with E-state index in [0.717, 1.165) is 18.2 Å². The lowest BCUT2D eigenvalue weighted by molar-refractivity contribution is 0.313. The smallest absolute Gasteiger partial charge is 0.302 e. The van der Waals surface area contributed by atoms with E-state index in [9.17, 15) is 8.78 Å². The largest absolute Gasteiger partial charge is 0.493 e. The van der Waals surface area contributed by atoms with E-state index in [0.29, 0.717) is 40.2 Å². The molecule has 0 aliphatic carbocycles. The minimum atomic E-state index is -0.656. The van der Waals surface area contributed by atoms with Crippen molar-refractivity contribution in [3.63, 3.8) is 0 Å². The monoisotopic (exact) mass is 557 g/mol. The van der Waals surface area contributed by atoms with Gasteiger partial charge in [0, 0.05) is 23.4 Å². The molecular weight excluding hydrogens is 542 g/mol. The predicted octanol–water partition coefficient (Wildman–Crippen LogP) is 6.24. The molecule has 3 rings (SSSR count). The lowest BCUT2D eigenvalue weighted by atomic mass is 10.2. The predicted molar refractivity (Wildman–Crippen MR) is 119 cm³/mol. The van der Waals surface area contributed by atoms with E-state index in [1.807, 2.05) is 11.3 Å². The molecule has 2 aromatic heterocycles. The number of hydrogen-bond donors (Lipinski definition) is 0. The van der Waals surface area contributed by atoms with Crippen molar-refractivity contribution in [2.24, 2.45) is 0 Å². The number of pyridine rings is 1. The number of halogens is 4. The summed E-state index contributed by atoms with van der Waals surface area (Å²) in [7, 11) is 1.53. The first-order chi connectivity index (χ1) is 13.5.